The van der Waals surface area contributed by atoms with Crippen LogP contribution in [-0.4, -0.2) is 41.4 Å². The topological polar surface area (TPSA) is 43.7 Å². The van der Waals surface area contributed by atoms with E-state index in [0.717, 1.165) is 32.5 Å². The Balaban J connectivity index is 1.80. The van der Waals surface area contributed by atoms with Gasteiger partial charge in [0.05, 0.1) is 6.10 Å². The highest BCUT2D eigenvalue weighted by Crippen LogP contribution is 2.23. The molecule has 0 aliphatic carbocycles. The first-order chi connectivity index (χ1) is 9.60. The molecule has 4 heteroatoms. The molecule has 0 radical (unpaired) electrons. The Labute approximate surface area is 120 Å². The van der Waals surface area contributed by atoms with E-state index in [1.165, 1.54) is 6.07 Å². The van der Waals surface area contributed by atoms with Crippen LogP contribution in [0.5, 0.6) is 0 Å². The fourth-order valence-corrected chi connectivity index (χ4v) is 2.82. The monoisotopic (exact) mass is 281 g/mol. The van der Waals surface area contributed by atoms with E-state index in [9.17, 15) is 9.50 Å². The van der Waals surface area contributed by atoms with Crippen LogP contribution in [0.3, 0.4) is 0 Å². The molecule has 1 fully saturated rings. The summed E-state index contributed by atoms with van der Waals surface area (Å²) in [6, 6.07) is 4.93. The number of aliphatic hydroxyl groups excluding tert-OH is 2. The van der Waals surface area contributed by atoms with Crippen LogP contribution < -0.4 is 0 Å². The van der Waals surface area contributed by atoms with Crippen molar-refractivity contribution >= 4 is 0 Å². The Bertz CT molecular complexity index is 438. The molecule has 1 aliphatic rings. The smallest absolute Gasteiger partial charge is 0.126 e. The zero-order valence-corrected chi connectivity index (χ0v) is 12.1. The van der Waals surface area contributed by atoms with Crippen LogP contribution in [0.1, 0.15) is 36.5 Å². The van der Waals surface area contributed by atoms with E-state index in [-0.39, 0.29) is 12.4 Å². The molecule has 20 heavy (non-hydrogen) atoms. The molecule has 3 nitrogen and oxygen atoms in total. The molecule has 2 N–H and O–H groups in total. The second-order valence-corrected chi connectivity index (χ2v) is 5.78. The molecule has 1 aromatic rings. The molecule has 2 rings (SSSR count). The number of hydrogen-bond donors (Lipinski definition) is 2. The molecule has 0 spiro atoms. The van der Waals surface area contributed by atoms with Crippen LogP contribution in [0.15, 0.2) is 18.2 Å². The quantitative estimate of drug-likeness (QED) is 0.840. The lowest BCUT2D eigenvalue weighted by molar-refractivity contribution is 0.147. The van der Waals surface area contributed by atoms with Crippen molar-refractivity contribution in [1.82, 2.24) is 4.90 Å². The van der Waals surface area contributed by atoms with E-state index in [0.29, 0.717) is 23.5 Å². The van der Waals surface area contributed by atoms with Crippen LogP contribution in [-0.2, 0) is 0 Å². The molecule has 2 atom stereocenters. The summed E-state index contributed by atoms with van der Waals surface area (Å²) < 4.78 is 13.5. The minimum atomic E-state index is -0.609. The van der Waals surface area contributed by atoms with Crippen molar-refractivity contribution < 1.29 is 14.6 Å². The standard InChI is InChI=1S/C16H24FNO2/c1-12-2-3-14(10-15(12)17)16(20)5-8-18-7-4-13(11-18)6-9-19/h2-3,10,13,16,19-20H,4-9,11H2,1H3. The fourth-order valence-electron chi connectivity index (χ4n) is 2.82. The second-order valence-electron chi connectivity index (χ2n) is 5.78. The van der Waals surface area contributed by atoms with Gasteiger partial charge in [-0.2, -0.15) is 0 Å². The molecule has 1 heterocycles. The highest BCUT2D eigenvalue weighted by Gasteiger charge is 2.22. The molecule has 0 bridgehead atoms. The first kappa shape index (κ1) is 15.4. The van der Waals surface area contributed by atoms with Crippen molar-refractivity contribution in [3.8, 4) is 0 Å². The summed E-state index contributed by atoms with van der Waals surface area (Å²) in [4.78, 5) is 2.31. The molecule has 2 unspecified atom stereocenters. The third kappa shape index (κ3) is 4.01. The average Bonchev–Trinajstić information content (AvgIpc) is 2.87. The lowest BCUT2D eigenvalue weighted by Gasteiger charge is -2.18. The summed E-state index contributed by atoms with van der Waals surface area (Å²) >= 11 is 0. The fraction of sp³-hybridized carbons (Fsp3) is 0.625. The first-order valence-electron chi connectivity index (χ1n) is 7.37. The molecule has 1 saturated heterocycles. The number of rotatable bonds is 6. The predicted octanol–water partition coefficient (Wildman–Crippen LogP) is 2.26. The van der Waals surface area contributed by atoms with Gasteiger partial charge in [0.1, 0.15) is 5.82 Å². The van der Waals surface area contributed by atoms with Crippen molar-refractivity contribution in [3.63, 3.8) is 0 Å². The third-order valence-electron chi connectivity index (χ3n) is 4.21. The van der Waals surface area contributed by atoms with Crippen LogP contribution in [0, 0.1) is 18.7 Å². The maximum atomic E-state index is 13.5. The Morgan fingerprint density at radius 1 is 1.45 bits per heavy atom. The van der Waals surface area contributed by atoms with Gasteiger partial charge in [-0.15, -0.1) is 0 Å². The van der Waals surface area contributed by atoms with Gasteiger partial charge in [0, 0.05) is 19.7 Å². The zero-order chi connectivity index (χ0) is 14.5. The SMILES string of the molecule is Cc1ccc(C(O)CCN2CCC(CCO)C2)cc1F. The maximum Gasteiger partial charge on any atom is 0.126 e. The second kappa shape index (κ2) is 7.16. The first-order valence-corrected chi connectivity index (χ1v) is 7.37. The van der Waals surface area contributed by atoms with E-state index >= 15 is 0 Å². The molecular formula is C16H24FNO2. The molecule has 0 saturated carbocycles. The average molecular weight is 281 g/mol. The van der Waals surface area contributed by atoms with E-state index < -0.39 is 6.10 Å². The summed E-state index contributed by atoms with van der Waals surface area (Å²) in [5.41, 5.74) is 1.26. The predicted molar refractivity (Wildman–Crippen MR) is 77.0 cm³/mol. The van der Waals surface area contributed by atoms with Crippen molar-refractivity contribution in [2.75, 3.05) is 26.2 Å². The van der Waals surface area contributed by atoms with Gasteiger partial charge in [0.2, 0.25) is 0 Å². The van der Waals surface area contributed by atoms with Gasteiger partial charge in [-0.3, -0.25) is 0 Å². The van der Waals surface area contributed by atoms with Gasteiger partial charge in [0.25, 0.3) is 0 Å². The van der Waals surface area contributed by atoms with Crippen LogP contribution in [0.4, 0.5) is 4.39 Å². The molecule has 1 aliphatic heterocycles. The lowest BCUT2D eigenvalue weighted by Crippen LogP contribution is -2.23. The summed E-state index contributed by atoms with van der Waals surface area (Å²) in [6.07, 6.45) is 1.99. The number of benzene rings is 1. The van der Waals surface area contributed by atoms with Gasteiger partial charge in [-0.25, -0.2) is 4.39 Å². The molecule has 112 valence electrons. The van der Waals surface area contributed by atoms with Crippen molar-refractivity contribution in [2.45, 2.75) is 32.3 Å². The van der Waals surface area contributed by atoms with Gasteiger partial charge < -0.3 is 15.1 Å². The van der Waals surface area contributed by atoms with E-state index in [1.807, 2.05) is 0 Å². The van der Waals surface area contributed by atoms with Crippen molar-refractivity contribution in [1.29, 1.82) is 0 Å². The minimum Gasteiger partial charge on any atom is -0.396 e. The van der Waals surface area contributed by atoms with Gasteiger partial charge >= 0.3 is 0 Å². The van der Waals surface area contributed by atoms with Crippen LogP contribution >= 0.6 is 0 Å². The highest BCUT2D eigenvalue weighted by molar-refractivity contribution is 5.24. The summed E-state index contributed by atoms with van der Waals surface area (Å²) in [5.74, 6) is 0.319. The Hall–Kier alpha value is -0.970. The lowest BCUT2D eigenvalue weighted by atomic mass is 10.0. The Kier molecular flexibility index (Phi) is 5.52. The van der Waals surface area contributed by atoms with E-state index in [4.69, 9.17) is 5.11 Å². The largest absolute Gasteiger partial charge is 0.396 e. The van der Waals surface area contributed by atoms with Crippen molar-refractivity contribution in [2.24, 2.45) is 5.92 Å². The van der Waals surface area contributed by atoms with Crippen molar-refractivity contribution in [3.05, 3.63) is 35.1 Å². The molecule has 1 aromatic carbocycles. The minimum absolute atomic E-state index is 0.254. The van der Waals surface area contributed by atoms with Gasteiger partial charge in [-0.05, 0) is 55.8 Å². The number of nitrogens with zero attached hydrogens (tertiary/aromatic N) is 1. The van der Waals surface area contributed by atoms with Crippen LogP contribution in [0.25, 0.3) is 0 Å². The summed E-state index contributed by atoms with van der Waals surface area (Å²) in [6.45, 7) is 4.81. The van der Waals surface area contributed by atoms with Crippen LogP contribution in [0.2, 0.25) is 0 Å². The number of likely N-dealkylation sites (tertiary alicyclic amines) is 1. The Morgan fingerprint density at radius 3 is 2.95 bits per heavy atom. The molecule has 0 aromatic heterocycles. The molecular weight excluding hydrogens is 257 g/mol. The zero-order valence-electron chi connectivity index (χ0n) is 12.1. The third-order valence-corrected chi connectivity index (χ3v) is 4.21. The number of aliphatic hydroxyl groups is 2. The number of aryl methyl sites for hydroxylation is 1. The normalized spacial score (nSPS) is 21.3. The highest BCUT2D eigenvalue weighted by atomic mass is 19.1. The number of hydrogen-bond acceptors (Lipinski definition) is 3. The van der Waals surface area contributed by atoms with Gasteiger partial charge in [0.15, 0.2) is 0 Å². The van der Waals surface area contributed by atoms with E-state index in [1.54, 1.807) is 19.1 Å². The molecule has 0 amide bonds. The maximum absolute atomic E-state index is 13.5. The number of halogens is 1. The van der Waals surface area contributed by atoms with Gasteiger partial charge in [-0.1, -0.05) is 12.1 Å². The summed E-state index contributed by atoms with van der Waals surface area (Å²) in [5, 5.41) is 19.1. The van der Waals surface area contributed by atoms with E-state index in [2.05, 4.69) is 4.90 Å². The Morgan fingerprint density at radius 2 is 2.25 bits per heavy atom. The summed E-state index contributed by atoms with van der Waals surface area (Å²) in [7, 11) is 0.